The van der Waals surface area contributed by atoms with Crippen molar-refractivity contribution in [1.29, 1.82) is 0 Å². The van der Waals surface area contributed by atoms with E-state index in [0.29, 0.717) is 11.2 Å². The van der Waals surface area contributed by atoms with E-state index < -0.39 is 5.97 Å². The number of esters is 1. The minimum atomic E-state index is -0.471. The molecule has 0 aliphatic rings. The summed E-state index contributed by atoms with van der Waals surface area (Å²) in [6.45, 7) is -0.193. The van der Waals surface area contributed by atoms with Gasteiger partial charge in [-0.15, -0.1) is 0 Å². The molecule has 0 atom stereocenters. The number of hydrogen-bond acceptors (Lipinski definition) is 6. The Labute approximate surface area is 84.5 Å². The molecule has 0 amide bonds. The molecule has 7 heteroatoms. The molecule has 0 fully saturated rings. The zero-order valence-corrected chi connectivity index (χ0v) is 7.93. The van der Waals surface area contributed by atoms with Crippen LogP contribution in [0.3, 0.4) is 0 Å². The van der Waals surface area contributed by atoms with Gasteiger partial charge >= 0.3 is 5.97 Å². The Hall–Kier alpha value is -2.18. The molecule has 7 nitrogen and oxygen atoms in total. The molecule has 2 aromatic rings. The van der Waals surface area contributed by atoms with Gasteiger partial charge in [-0.1, -0.05) is 0 Å². The summed E-state index contributed by atoms with van der Waals surface area (Å²) in [6.07, 6.45) is 2.79. The van der Waals surface area contributed by atoms with Crippen molar-refractivity contribution < 1.29 is 14.3 Å². The fourth-order valence-corrected chi connectivity index (χ4v) is 1.04. The molecule has 2 rings (SSSR count). The SMILES string of the molecule is COC(=O)COc1ncnc2nc[nH]c12. The van der Waals surface area contributed by atoms with Crippen molar-refractivity contribution in [2.24, 2.45) is 0 Å². The first-order valence-corrected chi connectivity index (χ1v) is 4.15. The highest BCUT2D eigenvalue weighted by atomic mass is 16.6. The van der Waals surface area contributed by atoms with Gasteiger partial charge in [0, 0.05) is 0 Å². The molecule has 0 radical (unpaired) electrons. The zero-order chi connectivity index (χ0) is 10.7. The van der Waals surface area contributed by atoms with Crippen molar-refractivity contribution in [1.82, 2.24) is 19.9 Å². The van der Waals surface area contributed by atoms with Crippen LogP contribution in [-0.4, -0.2) is 39.6 Å². The van der Waals surface area contributed by atoms with Crippen molar-refractivity contribution in [2.45, 2.75) is 0 Å². The Morgan fingerprint density at radius 1 is 1.47 bits per heavy atom. The summed E-state index contributed by atoms with van der Waals surface area (Å²) in [6, 6.07) is 0. The number of methoxy groups -OCH3 is 1. The Bertz CT molecular complexity index is 481. The lowest BCUT2D eigenvalue weighted by molar-refractivity contribution is -0.142. The Morgan fingerprint density at radius 2 is 2.33 bits per heavy atom. The first-order chi connectivity index (χ1) is 7.31. The van der Waals surface area contributed by atoms with Crippen molar-refractivity contribution in [2.75, 3.05) is 13.7 Å². The van der Waals surface area contributed by atoms with E-state index in [4.69, 9.17) is 4.74 Å². The van der Waals surface area contributed by atoms with Gasteiger partial charge in [0.2, 0.25) is 5.88 Å². The average molecular weight is 208 g/mol. The van der Waals surface area contributed by atoms with E-state index in [1.165, 1.54) is 19.8 Å². The van der Waals surface area contributed by atoms with E-state index in [0.717, 1.165) is 0 Å². The third-order valence-electron chi connectivity index (χ3n) is 1.74. The minimum absolute atomic E-state index is 0.193. The second kappa shape index (κ2) is 3.91. The number of H-pyrrole nitrogens is 1. The van der Waals surface area contributed by atoms with Gasteiger partial charge in [0.15, 0.2) is 12.3 Å². The number of aromatic nitrogens is 4. The highest BCUT2D eigenvalue weighted by molar-refractivity contribution is 5.76. The van der Waals surface area contributed by atoms with Crippen LogP contribution in [0.5, 0.6) is 5.88 Å². The monoisotopic (exact) mass is 208 g/mol. The number of aromatic amines is 1. The number of nitrogens with zero attached hydrogens (tertiary/aromatic N) is 3. The van der Waals surface area contributed by atoms with Gasteiger partial charge < -0.3 is 14.5 Å². The molecule has 0 spiro atoms. The van der Waals surface area contributed by atoms with Gasteiger partial charge in [-0.2, -0.15) is 4.98 Å². The number of carbonyl (C=O) groups excluding carboxylic acids is 1. The predicted molar refractivity (Wildman–Crippen MR) is 49.2 cm³/mol. The lowest BCUT2D eigenvalue weighted by Crippen LogP contribution is -2.13. The third kappa shape index (κ3) is 1.85. The summed E-state index contributed by atoms with van der Waals surface area (Å²) in [5.74, 6) is -0.191. The molecule has 0 saturated carbocycles. The molecule has 0 aromatic carbocycles. The van der Waals surface area contributed by atoms with E-state index in [9.17, 15) is 4.79 Å². The number of nitrogens with one attached hydrogen (secondary N) is 1. The van der Waals surface area contributed by atoms with E-state index in [1.807, 2.05) is 0 Å². The number of ether oxygens (including phenoxy) is 2. The first-order valence-electron chi connectivity index (χ1n) is 4.15. The van der Waals surface area contributed by atoms with Crippen molar-refractivity contribution in [3.8, 4) is 5.88 Å². The average Bonchev–Trinajstić information content (AvgIpc) is 2.74. The van der Waals surface area contributed by atoms with Crippen LogP contribution in [0.4, 0.5) is 0 Å². The fourth-order valence-electron chi connectivity index (χ4n) is 1.04. The molecule has 0 aliphatic carbocycles. The van der Waals surface area contributed by atoms with Crippen LogP contribution >= 0.6 is 0 Å². The summed E-state index contributed by atoms with van der Waals surface area (Å²) in [5.41, 5.74) is 1.05. The summed E-state index contributed by atoms with van der Waals surface area (Å²) in [7, 11) is 1.29. The molecule has 1 N–H and O–H groups in total. The second-order valence-electron chi connectivity index (χ2n) is 2.64. The summed E-state index contributed by atoms with van der Waals surface area (Å²) >= 11 is 0. The molecule has 2 aromatic heterocycles. The van der Waals surface area contributed by atoms with Gasteiger partial charge in [-0.05, 0) is 0 Å². The molecular weight excluding hydrogens is 200 g/mol. The lowest BCUT2D eigenvalue weighted by Gasteiger charge is -2.03. The van der Waals surface area contributed by atoms with Crippen LogP contribution in [0.15, 0.2) is 12.7 Å². The van der Waals surface area contributed by atoms with Gasteiger partial charge in [0.1, 0.15) is 11.8 Å². The van der Waals surface area contributed by atoms with Gasteiger partial charge in [-0.25, -0.2) is 14.8 Å². The van der Waals surface area contributed by atoms with Crippen molar-refractivity contribution >= 4 is 17.1 Å². The third-order valence-corrected chi connectivity index (χ3v) is 1.74. The maximum absolute atomic E-state index is 10.8. The molecule has 0 bridgehead atoms. The van der Waals surface area contributed by atoms with Crippen LogP contribution < -0.4 is 4.74 Å². The number of fused-ring (bicyclic) bond motifs is 1. The second-order valence-corrected chi connectivity index (χ2v) is 2.64. The summed E-state index contributed by atoms with van der Waals surface area (Å²) in [5, 5.41) is 0. The smallest absolute Gasteiger partial charge is 0.343 e. The zero-order valence-electron chi connectivity index (χ0n) is 7.93. The maximum atomic E-state index is 10.8. The summed E-state index contributed by atoms with van der Waals surface area (Å²) < 4.78 is 9.57. The van der Waals surface area contributed by atoms with Crippen LogP contribution in [0.2, 0.25) is 0 Å². The van der Waals surface area contributed by atoms with Gasteiger partial charge in [-0.3, -0.25) is 0 Å². The van der Waals surface area contributed by atoms with Gasteiger partial charge in [0.25, 0.3) is 0 Å². The molecule has 78 valence electrons. The Balaban J connectivity index is 2.20. The fraction of sp³-hybridized carbons (Fsp3) is 0.250. The number of imidazole rings is 1. The standard InChI is InChI=1S/C8H8N4O3/c1-14-5(13)2-15-8-6-7(10-3-9-6)11-4-12-8/h3-4H,2H2,1H3,(H,9,10,11,12). The quantitative estimate of drug-likeness (QED) is 0.708. The van der Waals surface area contributed by atoms with Crippen LogP contribution in [-0.2, 0) is 9.53 Å². The van der Waals surface area contributed by atoms with E-state index in [1.54, 1.807) is 0 Å². The highest BCUT2D eigenvalue weighted by Crippen LogP contribution is 2.16. The van der Waals surface area contributed by atoms with Crippen molar-refractivity contribution in [3.05, 3.63) is 12.7 Å². The van der Waals surface area contributed by atoms with Gasteiger partial charge in [0.05, 0.1) is 13.4 Å². The van der Waals surface area contributed by atoms with E-state index >= 15 is 0 Å². The van der Waals surface area contributed by atoms with E-state index in [-0.39, 0.29) is 12.5 Å². The summed E-state index contributed by atoms with van der Waals surface area (Å²) in [4.78, 5) is 25.4. The molecule has 0 unspecified atom stereocenters. The van der Waals surface area contributed by atoms with Crippen LogP contribution in [0, 0.1) is 0 Å². The number of carbonyl (C=O) groups is 1. The molecule has 2 heterocycles. The molecule has 0 aliphatic heterocycles. The molecular formula is C8H8N4O3. The Morgan fingerprint density at radius 3 is 3.13 bits per heavy atom. The lowest BCUT2D eigenvalue weighted by atomic mass is 10.5. The van der Waals surface area contributed by atoms with E-state index in [2.05, 4.69) is 24.7 Å². The first kappa shape index (κ1) is 9.38. The maximum Gasteiger partial charge on any atom is 0.343 e. The predicted octanol–water partition coefficient (Wildman–Crippen LogP) is -0.0953. The highest BCUT2D eigenvalue weighted by Gasteiger charge is 2.08. The molecule has 0 saturated heterocycles. The Kier molecular flexibility index (Phi) is 2.44. The van der Waals surface area contributed by atoms with Crippen LogP contribution in [0.25, 0.3) is 11.2 Å². The van der Waals surface area contributed by atoms with Crippen LogP contribution in [0.1, 0.15) is 0 Å². The topological polar surface area (TPSA) is 90.0 Å². The number of hydrogen-bond donors (Lipinski definition) is 1. The number of rotatable bonds is 3. The van der Waals surface area contributed by atoms with Crippen molar-refractivity contribution in [3.63, 3.8) is 0 Å². The molecule has 15 heavy (non-hydrogen) atoms. The minimum Gasteiger partial charge on any atom is -0.466 e. The largest absolute Gasteiger partial charge is 0.466 e. The normalized spacial score (nSPS) is 10.2.